The summed E-state index contributed by atoms with van der Waals surface area (Å²) in [6, 6.07) is 13.2. The zero-order valence-electron chi connectivity index (χ0n) is 20.5. The van der Waals surface area contributed by atoms with Gasteiger partial charge in [0.25, 0.3) is 0 Å². The van der Waals surface area contributed by atoms with Crippen LogP contribution in [0.5, 0.6) is 5.75 Å². The molecule has 1 saturated heterocycles. The van der Waals surface area contributed by atoms with Gasteiger partial charge in [-0.05, 0) is 55.7 Å². The van der Waals surface area contributed by atoms with Crippen molar-refractivity contribution < 1.29 is 23.8 Å². The van der Waals surface area contributed by atoms with Crippen LogP contribution in [0.1, 0.15) is 41.9 Å². The summed E-state index contributed by atoms with van der Waals surface area (Å²) in [4.78, 5) is 28.7. The molecular formula is C26H31N5O5. The van der Waals surface area contributed by atoms with E-state index in [2.05, 4.69) is 25.8 Å². The van der Waals surface area contributed by atoms with Crippen molar-refractivity contribution in [1.29, 1.82) is 0 Å². The Labute approximate surface area is 209 Å². The maximum absolute atomic E-state index is 12.8. The highest BCUT2D eigenvalue weighted by Gasteiger charge is 2.24. The van der Waals surface area contributed by atoms with Crippen molar-refractivity contribution in [2.45, 2.75) is 31.9 Å². The molecule has 1 aliphatic rings. The van der Waals surface area contributed by atoms with E-state index < -0.39 is 0 Å². The lowest BCUT2D eigenvalue weighted by atomic mass is 9.95. The molecule has 10 nitrogen and oxygen atoms in total. The van der Waals surface area contributed by atoms with Gasteiger partial charge in [0.1, 0.15) is 18.1 Å². The zero-order valence-corrected chi connectivity index (χ0v) is 20.5. The number of benzene rings is 1. The minimum atomic E-state index is -0.341. The third kappa shape index (κ3) is 6.46. The molecule has 0 radical (unpaired) electrons. The fourth-order valence-corrected chi connectivity index (χ4v) is 4.12. The number of carbonyl (C=O) groups is 2. The van der Waals surface area contributed by atoms with Crippen LogP contribution < -0.4 is 15.4 Å². The molecule has 3 heterocycles. The largest absolute Gasteiger partial charge is 0.495 e. The van der Waals surface area contributed by atoms with E-state index in [0.717, 1.165) is 29.8 Å². The molecule has 0 bridgehead atoms. The summed E-state index contributed by atoms with van der Waals surface area (Å²) in [5.41, 5.74) is 3.60. The van der Waals surface area contributed by atoms with E-state index in [1.165, 1.54) is 0 Å². The van der Waals surface area contributed by atoms with Gasteiger partial charge in [0.05, 0.1) is 43.4 Å². The van der Waals surface area contributed by atoms with E-state index in [0.29, 0.717) is 30.3 Å². The van der Waals surface area contributed by atoms with Crippen molar-refractivity contribution in [2.24, 2.45) is 0 Å². The van der Waals surface area contributed by atoms with Crippen LogP contribution in [0.15, 0.2) is 48.7 Å². The van der Waals surface area contributed by atoms with E-state index in [-0.39, 0.29) is 37.0 Å². The second kappa shape index (κ2) is 12.3. The van der Waals surface area contributed by atoms with Crippen LogP contribution in [0, 0.1) is 0 Å². The van der Waals surface area contributed by atoms with Gasteiger partial charge in [0.2, 0.25) is 0 Å². The lowest BCUT2D eigenvalue weighted by Gasteiger charge is -2.30. The van der Waals surface area contributed by atoms with Gasteiger partial charge >= 0.3 is 5.97 Å². The van der Waals surface area contributed by atoms with Crippen molar-refractivity contribution in [3.63, 3.8) is 0 Å². The number of rotatable bonds is 11. The number of piperidine rings is 1. The molecule has 10 heteroatoms. The maximum Gasteiger partial charge on any atom is 0.332 e. The lowest BCUT2D eigenvalue weighted by molar-refractivity contribution is -0.151. The van der Waals surface area contributed by atoms with Gasteiger partial charge in [-0.25, -0.2) is 9.78 Å². The topological polar surface area (TPSA) is 127 Å². The standard InChI is InChI=1S/C26H31N5O5/c1-3-35-26(33)16-36-18-8-10-19(27-14-18)17-7-9-23(25(13-17)34-2)28-15-24(32)22-6-4-5-20(30-22)21-11-12-29-31-21/h4-7,9,11-13,18-19,27-28H,3,8,10,14-16H2,1-2H3,(H,29,31). The van der Waals surface area contributed by atoms with Crippen LogP contribution >= 0.6 is 0 Å². The molecule has 1 aliphatic heterocycles. The van der Waals surface area contributed by atoms with E-state index >= 15 is 0 Å². The number of hydrogen-bond acceptors (Lipinski definition) is 9. The van der Waals surface area contributed by atoms with Crippen molar-refractivity contribution in [2.75, 3.05) is 38.7 Å². The molecule has 1 fully saturated rings. The minimum Gasteiger partial charge on any atom is -0.495 e. The Morgan fingerprint density at radius 2 is 2.06 bits per heavy atom. The first-order chi connectivity index (χ1) is 17.6. The van der Waals surface area contributed by atoms with Crippen LogP contribution in [0.4, 0.5) is 5.69 Å². The summed E-state index contributed by atoms with van der Waals surface area (Å²) in [6.45, 7) is 2.82. The van der Waals surface area contributed by atoms with Crippen LogP contribution in [-0.4, -0.2) is 66.5 Å². The summed E-state index contributed by atoms with van der Waals surface area (Å²) in [7, 11) is 1.61. The molecule has 2 atom stereocenters. The number of pyridine rings is 1. The third-order valence-electron chi connectivity index (χ3n) is 5.99. The van der Waals surface area contributed by atoms with Gasteiger partial charge in [-0.2, -0.15) is 5.10 Å². The SMILES string of the molecule is CCOC(=O)COC1CCC(c2ccc(NCC(=O)c3cccc(-c4ccn[nH]4)n3)c(OC)c2)NC1. The number of Topliss-reactive ketones (excluding diaryl/α,β-unsaturated/α-hetero) is 1. The highest BCUT2D eigenvalue weighted by atomic mass is 16.6. The van der Waals surface area contributed by atoms with Crippen LogP contribution in [-0.2, 0) is 14.3 Å². The molecule has 0 aliphatic carbocycles. The molecule has 2 aromatic heterocycles. The summed E-state index contributed by atoms with van der Waals surface area (Å²) >= 11 is 0. The fraction of sp³-hybridized carbons (Fsp3) is 0.385. The lowest BCUT2D eigenvalue weighted by Crippen LogP contribution is -2.38. The number of ether oxygens (including phenoxy) is 3. The van der Waals surface area contributed by atoms with Gasteiger partial charge in [0, 0.05) is 18.8 Å². The number of methoxy groups -OCH3 is 1. The summed E-state index contributed by atoms with van der Waals surface area (Å²) in [6.07, 6.45) is 3.31. The van der Waals surface area contributed by atoms with Crippen molar-refractivity contribution in [3.8, 4) is 17.1 Å². The smallest absolute Gasteiger partial charge is 0.332 e. The van der Waals surface area contributed by atoms with Crippen molar-refractivity contribution in [3.05, 3.63) is 59.9 Å². The maximum atomic E-state index is 12.8. The number of ketones is 1. The molecule has 0 saturated carbocycles. The number of hydrogen-bond donors (Lipinski definition) is 3. The van der Waals surface area contributed by atoms with Gasteiger partial charge in [-0.15, -0.1) is 0 Å². The van der Waals surface area contributed by atoms with Gasteiger partial charge in [-0.3, -0.25) is 9.89 Å². The third-order valence-corrected chi connectivity index (χ3v) is 5.99. The molecule has 36 heavy (non-hydrogen) atoms. The molecule has 1 aromatic carbocycles. The number of nitrogens with one attached hydrogen (secondary N) is 3. The highest BCUT2D eigenvalue weighted by Crippen LogP contribution is 2.31. The van der Waals surface area contributed by atoms with Crippen molar-refractivity contribution >= 4 is 17.4 Å². The van der Waals surface area contributed by atoms with E-state index in [9.17, 15) is 9.59 Å². The fourth-order valence-electron chi connectivity index (χ4n) is 4.12. The first kappa shape index (κ1) is 25.3. The van der Waals surface area contributed by atoms with Gasteiger partial charge < -0.3 is 24.8 Å². The predicted molar refractivity (Wildman–Crippen MR) is 134 cm³/mol. The molecular weight excluding hydrogens is 462 g/mol. The van der Waals surface area contributed by atoms with Crippen LogP contribution in [0.2, 0.25) is 0 Å². The summed E-state index contributed by atoms with van der Waals surface area (Å²) in [5, 5.41) is 13.4. The molecule has 2 unspecified atom stereocenters. The quantitative estimate of drug-likeness (QED) is 0.273. The number of H-pyrrole nitrogens is 1. The second-order valence-electron chi connectivity index (χ2n) is 8.39. The number of anilines is 1. The van der Waals surface area contributed by atoms with Gasteiger partial charge in [-0.1, -0.05) is 12.1 Å². The summed E-state index contributed by atoms with van der Waals surface area (Å²) < 4.78 is 16.1. The Bertz CT molecular complexity index is 1160. The monoisotopic (exact) mass is 493 g/mol. The molecule has 0 amide bonds. The second-order valence-corrected chi connectivity index (χ2v) is 8.39. The Hall–Kier alpha value is -3.76. The molecule has 3 aromatic rings. The Morgan fingerprint density at radius 3 is 2.78 bits per heavy atom. The van der Waals surface area contributed by atoms with E-state index in [1.54, 1.807) is 38.4 Å². The molecule has 4 rings (SSSR count). The minimum absolute atomic E-state index is 0.0270. The summed E-state index contributed by atoms with van der Waals surface area (Å²) in [5.74, 6) is 0.180. The number of aromatic amines is 1. The number of carbonyl (C=O) groups excluding carboxylic acids is 2. The van der Waals surface area contributed by atoms with Crippen LogP contribution in [0.3, 0.4) is 0 Å². The predicted octanol–water partition coefficient (Wildman–Crippen LogP) is 3.15. The first-order valence-electron chi connectivity index (χ1n) is 12.0. The molecule has 0 spiro atoms. The highest BCUT2D eigenvalue weighted by molar-refractivity contribution is 5.97. The number of esters is 1. The number of nitrogens with zero attached hydrogens (tertiary/aromatic N) is 2. The van der Waals surface area contributed by atoms with E-state index in [4.69, 9.17) is 14.2 Å². The Kier molecular flexibility index (Phi) is 8.64. The average Bonchev–Trinajstić information content (AvgIpc) is 3.46. The average molecular weight is 494 g/mol. The molecule has 3 N–H and O–H groups in total. The first-order valence-corrected chi connectivity index (χ1v) is 12.0. The van der Waals surface area contributed by atoms with Crippen molar-refractivity contribution in [1.82, 2.24) is 20.5 Å². The Balaban J connectivity index is 1.32. The molecule has 190 valence electrons. The Morgan fingerprint density at radius 1 is 1.17 bits per heavy atom. The van der Waals surface area contributed by atoms with Crippen LogP contribution in [0.25, 0.3) is 11.4 Å². The van der Waals surface area contributed by atoms with Gasteiger partial charge in [0.15, 0.2) is 5.78 Å². The zero-order chi connectivity index (χ0) is 25.3. The number of aromatic nitrogens is 3. The van der Waals surface area contributed by atoms with E-state index in [1.807, 2.05) is 24.3 Å². The normalized spacial score (nSPS) is 17.4.